The molecule has 8 heteroatoms. The van der Waals surface area contributed by atoms with Gasteiger partial charge in [-0.3, -0.25) is 4.79 Å². The second kappa shape index (κ2) is 8.98. The van der Waals surface area contributed by atoms with Crippen molar-refractivity contribution in [2.45, 2.75) is 13.8 Å². The van der Waals surface area contributed by atoms with Gasteiger partial charge in [-0.1, -0.05) is 11.6 Å². The van der Waals surface area contributed by atoms with Gasteiger partial charge in [-0.2, -0.15) is 0 Å². The summed E-state index contributed by atoms with van der Waals surface area (Å²) in [5.41, 5.74) is 0.688. The number of anilines is 1. The molecule has 7 nitrogen and oxygen atoms in total. The fourth-order valence-electron chi connectivity index (χ4n) is 2.02. The first-order chi connectivity index (χ1) is 12.0. The molecule has 0 spiro atoms. The van der Waals surface area contributed by atoms with E-state index in [-0.39, 0.29) is 5.69 Å². The number of rotatable bonds is 8. The van der Waals surface area contributed by atoms with Crippen LogP contribution >= 0.6 is 11.6 Å². The summed E-state index contributed by atoms with van der Waals surface area (Å²) in [6, 6.07) is 6.45. The van der Waals surface area contributed by atoms with Gasteiger partial charge in [0.25, 0.3) is 5.91 Å². The Morgan fingerprint density at radius 1 is 1.12 bits per heavy atom. The Morgan fingerprint density at radius 2 is 1.84 bits per heavy atom. The zero-order valence-corrected chi connectivity index (χ0v) is 14.7. The SMILES string of the molecule is CCOc1ccc(NC(=O)COC(=O)c2cc(Cl)c[nH]2)cc1OCC. The van der Waals surface area contributed by atoms with Crippen LogP contribution in [0.3, 0.4) is 0 Å². The molecule has 0 aliphatic carbocycles. The van der Waals surface area contributed by atoms with Crippen LogP contribution in [0, 0.1) is 0 Å². The number of carbonyl (C=O) groups is 2. The third-order valence-corrected chi connectivity index (χ3v) is 3.25. The van der Waals surface area contributed by atoms with Gasteiger partial charge < -0.3 is 24.5 Å². The Labute approximate surface area is 150 Å². The molecule has 0 saturated heterocycles. The highest BCUT2D eigenvalue weighted by Crippen LogP contribution is 2.30. The third kappa shape index (κ3) is 5.42. The lowest BCUT2D eigenvalue weighted by molar-refractivity contribution is -0.119. The molecule has 2 N–H and O–H groups in total. The first-order valence-electron chi connectivity index (χ1n) is 7.74. The lowest BCUT2D eigenvalue weighted by Gasteiger charge is -2.13. The van der Waals surface area contributed by atoms with Crippen LogP contribution in [0.1, 0.15) is 24.3 Å². The van der Waals surface area contributed by atoms with Gasteiger partial charge in [0, 0.05) is 18.0 Å². The smallest absolute Gasteiger partial charge is 0.355 e. The summed E-state index contributed by atoms with van der Waals surface area (Å²) in [5, 5.41) is 3.02. The van der Waals surface area contributed by atoms with Crippen LogP contribution in [0.5, 0.6) is 11.5 Å². The molecular formula is C17H19ClN2O5. The van der Waals surface area contributed by atoms with Crippen molar-refractivity contribution in [1.82, 2.24) is 4.98 Å². The minimum Gasteiger partial charge on any atom is -0.490 e. The predicted molar refractivity (Wildman–Crippen MR) is 93.5 cm³/mol. The molecule has 0 saturated carbocycles. The highest BCUT2D eigenvalue weighted by Gasteiger charge is 2.13. The lowest BCUT2D eigenvalue weighted by atomic mass is 10.2. The van der Waals surface area contributed by atoms with Crippen molar-refractivity contribution in [3.05, 3.63) is 41.2 Å². The van der Waals surface area contributed by atoms with Crippen molar-refractivity contribution in [2.75, 3.05) is 25.1 Å². The quantitative estimate of drug-likeness (QED) is 0.700. The van der Waals surface area contributed by atoms with E-state index in [1.807, 2.05) is 13.8 Å². The second-order valence-corrected chi connectivity index (χ2v) is 5.32. The van der Waals surface area contributed by atoms with Crippen LogP contribution in [0.15, 0.2) is 30.5 Å². The molecule has 0 atom stereocenters. The van der Waals surface area contributed by atoms with E-state index in [2.05, 4.69) is 10.3 Å². The number of nitrogens with one attached hydrogen (secondary N) is 2. The standard InChI is InChI=1S/C17H19ClN2O5/c1-3-23-14-6-5-12(8-15(14)24-4-2)20-16(21)10-25-17(22)13-7-11(18)9-19-13/h5-9,19H,3-4,10H2,1-2H3,(H,20,21). The Hall–Kier alpha value is -2.67. The van der Waals surface area contributed by atoms with Gasteiger partial charge in [0.15, 0.2) is 18.1 Å². The summed E-state index contributed by atoms with van der Waals surface area (Å²) in [6.07, 6.45) is 1.45. The van der Waals surface area contributed by atoms with Crippen LogP contribution in [-0.4, -0.2) is 36.7 Å². The van der Waals surface area contributed by atoms with E-state index in [0.29, 0.717) is 35.4 Å². The average Bonchev–Trinajstić information content (AvgIpc) is 3.02. The number of aromatic amines is 1. The van der Waals surface area contributed by atoms with Crippen LogP contribution < -0.4 is 14.8 Å². The summed E-state index contributed by atoms with van der Waals surface area (Å²) in [5.74, 6) is -0.0149. The van der Waals surface area contributed by atoms with Gasteiger partial charge in [0.2, 0.25) is 0 Å². The number of esters is 1. The molecule has 134 valence electrons. The fraction of sp³-hybridized carbons (Fsp3) is 0.294. The van der Waals surface area contributed by atoms with Gasteiger partial charge in [0.05, 0.1) is 18.2 Å². The summed E-state index contributed by atoms with van der Waals surface area (Å²) in [7, 11) is 0. The molecule has 2 rings (SSSR count). The number of halogens is 1. The minimum atomic E-state index is -0.663. The summed E-state index contributed by atoms with van der Waals surface area (Å²) in [4.78, 5) is 26.3. The maximum absolute atomic E-state index is 11.9. The van der Waals surface area contributed by atoms with Crippen molar-refractivity contribution in [1.29, 1.82) is 0 Å². The van der Waals surface area contributed by atoms with Gasteiger partial charge in [0.1, 0.15) is 5.69 Å². The summed E-state index contributed by atoms with van der Waals surface area (Å²) in [6.45, 7) is 4.27. The molecule has 2 aromatic rings. The van der Waals surface area contributed by atoms with Gasteiger partial charge in [-0.25, -0.2) is 4.79 Å². The van der Waals surface area contributed by atoms with Gasteiger partial charge in [-0.05, 0) is 32.0 Å². The molecule has 1 amide bonds. The normalized spacial score (nSPS) is 10.2. The van der Waals surface area contributed by atoms with Gasteiger partial charge in [-0.15, -0.1) is 0 Å². The maximum atomic E-state index is 11.9. The van der Waals surface area contributed by atoms with Gasteiger partial charge >= 0.3 is 5.97 Å². The van der Waals surface area contributed by atoms with E-state index in [9.17, 15) is 9.59 Å². The molecule has 0 fully saturated rings. The third-order valence-electron chi connectivity index (χ3n) is 3.03. The Bertz CT molecular complexity index is 744. The number of carbonyl (C=O) groups excluding carboxylic acids is 2. The topological polar surface area (TPSA) is 89.6 Å². The van der Waals surface area contributed by atoms with Crippen molar-refractivity contribution >= 4 is 29.2 Å². The monoisotopic (exact) mass is 366 g/mol. The van der Waals surface area contributed by atoms with E-state index in [4.69, 9.17) is 25.8 Å². The molecule has 0 aliphatic heterocycles. The maximum Gasteiger partial charge on any atom is 0.355 e. The Balaban J connectivity index is 1.93. The predicted octanol–water partition coefficient (Wildman–Crippen LogP) is 3.26. The van der Waals surface area contributed by atoms with Crippen molar-refractivity contribution < 1.29 is 23.8 Å². The number of benzene rings is 1. The molecule has 25 heavy (non-hydrogen) atoms. The number of hydrogen-bond donors (Lipinski definition) is 2. The van der Waals surface area contributed by atoms with Crippen molar-refractivity contribution in [3.63, 3.8) is 0 Å². The number of amides is 1. The lowest BCUT2D eigenvalue weighted by Crippen LogP contribution is -2.21. The molecule has 1 heterocycles. The largest absolute Gasteiger partial charge is 0.490 e. The van der Waals surface area contributed by atoms with E-state index in [1.165, 1.54) is 12.3 Å². The van der Waals surface area contributed by atoms with E-state index < -0.39 is 18.5 Å². The zero-order valence-electron chi connectivity index (χ0n) is 13.9. The highest BCUT2D eigenvalue weighted by molar-refractivity contribution is 6.30. The number of H-pyrrole nitrogens is 1. The molecule has 0 aliphatic rings. The van der Waals surface area contributed by atoms with Crippen molar-refractivity contribution in [2.24, 2.45) is 0 Å². The number of hydrogen-bond acceptors (Lipinski definition) is 5. The summed E-state index contributed by atoms with van der Waals surface area (Å²) < 4.78 is 15.9. The molecule has 1 aromatic carbocycles. The van der Waals surface area contributed by atoms with Crippen LogP contribution in [0.25, 0.3) is 0 Å². The average molecular weight is 367 g/mol. The Morgan fingerprint density at radius 3 is 2.48 bits per heavy atom. The van der Waals surface area contributed by atoms with E-state index >= 15 is 0 Å². The number of aromatic nitrogens is 1. The van der Waals surface area contributed by atoms with Crippen LogP contribution in [-0.2, 0) is 9.53 Å². The minimum absolute atomic E-state index is 0.178. The second-order valence-electron chi connectivity index (χ2n) is 4.88. The fourth-order valence-corrected chi connectivity index (χ4v) is 2.18. The molecule has 0 unspecified atom stereocenters. The van der Waals surface area contributed by atoms with Crippen molar-refractivity contribution in [3.8, 4) is 11.5 Å². The first-order valence-corrected chi connectivity index (χ1v) is 8.11. The van der Waals surface area contributed by atoms with Crippen LogP contribution in [0.4, 0.5) is 5.69 Å². The molecule has 1 aromatic heterocycles. The molecule has 0 radical (unpaired) electrons. The first kappa shape index (κ1) is 18.7. The highest BCUT2D eigenvalue weighted by atomic mass is 35.5. The summed E-state index contributed by atoms with van der Waals surface area (Å²) >= 11 is 5.71. The molecule has 0 bridgehead atoms. The zero-order chi connectivity index (χ0) is 18.2. The number of ether oxygens (including phenoxy) is 3. The van der Waals surface area contributed by atoms with E-state index in [1.54, 1.807) is 18.2 Å². The Kier molecular flexibility index (Phi) is 6.71. The molecular weight excluding hydrogens is 348 g/mol. The van der Waals surface area contributed by atoms with Crippen LogP contribution in [0.2, 0.25) is 5.02 Å². The van der Waals surface area contributed by atoms with E-state index in [0.717, 1.165) is 0 Å².